The van der Waals surface area contributed by atoms with Crippen LogP contribution in [0.25, 0.3) is 0 Å². The first-order valence-electron chi connectivity index (χ1n) is 4.30. The van der Waals surface area contributed by atoms with Gasteiger partial charge in [-0.05, 0) is 36.3 Å². The topological polar surface area (TPSA) is 46.2 Å². The van der Waals surface area contributed by atoms with Crippen molar-refractivity contribution in [1.29, 1.82) is 0 Å². The zero-order valence-electron chi connectivity index (χ0n) is 6.86. The first-order chi connectivity index (χ1) is 5.79. The molecule has 0 aliphatic heterocycles. The molecule has 0 amide bonds. The molecule has 0 bridgehead atoms. The SMILES string of the molecule is N[C@@H]1CCC[C@@H](O)c2sccc21. The number of fused-ring (bicyclic) bond motifs is 1. The van der Waals surface area contributed by atoms with Crippen molar-refractivity contribution in [2.24, 2.45) is 5.73 Å². The molecule has 1 heterocycles. The minimum Gasteiger partial charge on any atom is -0.388 e. The van der Waals surface area contributed by atoms with Gasteiger partial charge in [0, 0.05) is 10.9 Å². The third-order valence-electron chi connectivity index (χ3n) is 2.42. The van der Waals surface area contributed by atoms with E-state index in [-0.39, 0.29) is 12.1 Å². The third kappa shape index (κ3) is 1.28. The fourth-order valence-electron chi connectivity index (χ4n) is 1.73. The second-order valence-electron chi connectivity index (χ2n) is 3.29. The fraction of sp³-hybridized carbons (Fsp3) is 0.556. The summed E-state index contributed by atoms with van der Waals surface area (Å²) in [5, 5.41) is 11.7. The summed E-state index contributed by atoms with van der Waals surface area (Å²) in [4.78, 5) is 1.08. The number of hydrogen-bond donors (Lipinski definition) is 2. The summed E-state index contributed by atoms with van der Waals surface area (Å²) >= 11 is 1.62. The largest absolute Gasteiger partial charge is 0.388 e. The Kier molecular flexibility index (Phi) is 2.17. The van der Waals surface area contributed by atoms with E-state index < -0.39 is 0 Å². The normalized spacial score (nSPS) is 29.5. The van der Waals surface area contributed by atoms with Crippen molar-refractivity contribution >= 4 is 11.3 Å². The molecule has 1 aliphatic carbocycles. The molecule has 3 heteroatoms. The molecule has 2 atom stereocenters. The van der Waals surface area contributed by atoms with E-state index >= 15 is 0 Å². The van der Waals surface area contributed by atoms with E-state index in [2.05, 4.69) is 0 Å². The Bertz CT molecular complexity index is 247. The highest BCUT2D eigenvalue weighted by molar-refractivity contribution is 7.10. The standard InChI is InChI=1S/C9H13NOS/c10-7-2-1-3-8(11)9-6(7)4-5-12-9/h4-5,7-8,11H,1-3,10H2/t7-,8-/m1/s1. The van der Waals surface area contributed by atoms with E-state index in [9.17, 15) is 5.11 Å². The molecule has 1 aromatic rings. The monoisotopic (exact) mass is 183 g/mol. The van der Waals surface area contributed by atoms with Gasteiger partial charge in [-0.2, -0.15) is 0 Å². The molecule has 0 aromatic carbocycles. The number of aliphatic hydroxyl groups is 1. The van der Waals surface area contributed by atoms with Crippen LogP contribution >= 0.6 is 11.3 Å². The van der Waals surface area contributed by atoms with E-state index in [1.807, 2.05) is 11.4 Å². The van der Waals surface area contributed by atoms with Crippen LogP contribution in [0.4, 0.5) is 0 Å². The van der Waals surface area contributed by atoms with Gasteiger partial charge < -0.3 is 10.8 Å². The van der Waals surface area contributed by atoms with Crippen molar-refractivity contribution in [3.8, 4) is 0 Å². The van der Waals surface area contributed by atoms with Gasteiger partial charge >= 0.3 is 0 Å². The van der Waals surface area contributed by atoms with Gasteiger partial charge in [-0.3, -0.25) is 0 Å². The predicted octanol–water partition coefficient (Wildman–Crippen LogP) is 1.97. The number of aliphatic hydroxyl groups excluding tert-OH is 1. The highest BCUT2D eigenvalue weighted by Gasteiger charge is 2.21. The first kappa shape index (κ1) is 8.23. The smallest absolute Gasteiger partial charge is 0.0885 e. The summed E-state index contributed by atoms with van der Waals surface area (Å²) in [6.45, 7) is 0. The number of rotatable bonds is 0. The van der Waals surface area contributed by atoms with Crippen LogP contribution in [-0.2, 0) is 0 Å². The second kappa shape index (κ2) is 3.17. The van der Waals surface area contributed by atoms with Gasteiger partial charge in [-0.15, -0.1) is 11.3 Å². The summed E-state index contributed by atoms with van der Waals surface area (Å²) in [6.07, 6.45) is 2.62. The number of hydrogen-bond acceptors (Lipinski definition) is 3. The van der Waals surface area contributed by atoms with Crippen LogP contribution in [0.15, 0.2) is 11.4 Å². The molecule has 66 valence electrons. The lowest BCUT2D eigenvalue weighted by Gasteiger charge is -2.08. The van der Waals surface area contributed by atoms with Crippen molar-refractivity contribution in [2.45, 2.75) is 31.4 Å². The zero-order chi connectivity index (χ0) is 8.55. The van der Waals surface area contributed by atoms with Crippen LogP contribution in [0.1, 0.15) is 41.8 Å². The van der Waals surface area contributed by atoms with Gasteiger partial charge in [0.2, 0.25) is 0 Å². The lowest BCUT2D eigenvalue weighted by atomic mass is 10.1. The van der Waals surface area contributed by atoms with Gasteiger partial charge in [0.15, 0.2) is 0 Å². The van der Waals surface area contributed by atoms with E-state index in [1.54, 1.807) is 11.3 Å². The van der Waals surface area contributed by atoms with Crippen LogP contribution in [0.5, 0.6) is 0 Å². The van der Waals surface area contributed by atoms with Gasteiger partial charge in [-0.25, -0.2) is 0 Å². The molecule has 12 heavy (non-hydrogen) atoms. The second-order valence-corrected chi connectivity index (χ2v) is 4.24. The number of nitrogens with two attached hydrogens (primary N) is 1. The van der Waals surface area contributed by atoms with Crippen molar-refractivity contribution in [3.05, 3.63) is 21.9 Å². The average molecular weight is 183 g/mol. The van der Waals surface area contributed by atoms with Crippen molar-refractivity contribution in [1.82, 2.24) is 0 Å². The molecule has 0 radical (unpaired) electrons. The molecule has 0 fully saturated rings. The van der Waals surface area contributed by atoms with E-state index in [0.717, 1.165) is 29.7 Å². The Morgan fingerprint density at radius 1 is 1.50 bits per heavy atom. The fourth-order valence-corrected chi connectivity index (χ4v) is 2.72. The third-order valence-corrected chi connectivity index (χ3v) is 3.46. The lowest BCUT2D eigenvalue weighted by Crippen LogP contribution is -2.08. The van der Waals surface area contributed by atoms with E-state index in [1.165, 1.54) is 0 Å². The average Bonchev–Trinajstić information content (AvgIpc) is 2.47. The highest BCUT2D eigenvalue weighted by Crippen LogP contribution is 2.36. The van der Waals surface area contributed by atoms with Crippen LogP contribution in [-0.4, -0.2) is 5.11 Å². The molecule has 1 aromatic heterocycles. The van der Waals surface area contributed by atoms with Gasteiger partial charge in [0.05, 0.1) is 6.10 Å². The quantitative estimate of drug-likeness (QED) is 0.604. The van der Waals surface area contributed by atoms with E-state index in [4.69, 9.17) is 5.73 Å². The molecule has 3 N–H and O–H groups in total. The Morgan fingerprint density at radius 3 is 3.17 bits per heavy atom. The predicted molar refractivity (Wildman–Crippen MR) is 50.1 cm³/mol. The lowest BCUT2D eigenvalue weighted by molar-refractivity contribution is 0.170. The molecule has 0 saturated carbocycles. The zero-order valence-corrected chi connectivity index (χ0v) is 7.68. The Labute approximate surface area is 76.0 Å². The van der Waals surface area contributed by atoms with Gasteiger partial charge in [0.25, 0.3) is 0 Å². The van der Waals surface area contributed by atoms with E-state index in [0.29, 0.717) is 0 Å². The Hall–Kier alpha value is -0.380. The molecule has 2 rings (SSSR count). The summed E-state index contributed by atoms with van der Waals surface area (Å²) in [5.41, 5.74) is 7.11. The highest BCUT2D eigenvalue weighted by atomic mass is 32.1. The van der Waals surface area contributed by atoms with Crippen molar-refractivity contribution in [3.63, 3.8) is 0 Å². The molecule has 0 unspecified atom stereocenters. The van der Waals surface area contributed by atoms with Crippen LogP contribution in [0.2, 0.25) is 0 Å². The Morgan fingerprint density at radius 2 is 2.33 bits per heavy atom. The molecule has 0 saturated heterocycles. The maximum atomic E-state index is 9.70. The number of thiophene rings is 1. The summed E-state index contributed by atoms with van der Waals surface area (Å²) in [7, 11) is 0. The van der Waals surface area contributed by atoms with Gasteiger partial charge in [0.1, 0.15) is 0 Å². The maximum Gasteiger partial charge on any atom is 0.0885 e. The molecule has 1 aliphatic rings. The molecular formula is C9H13NOS. The van der Waals surface area contributed by atoms with Crippen molar-refractivity contribution < 1.29 is 5.11 Å². The molecular weight excluding hydrogens is 170 g/mol. The minimum atomic E-state index is -0.270. The first-order valence-corrected chi connectivity index (χ1v) is 5.18. The summed E-state index contributed by atoms with van der Waals surface area (Å²) < 4.78 is 0. The summed E-state index contributed by atoms with van der Waals surface area (Å²) in [6, 6.07) is 2.18. The Balaban J connectivity index is 2.39. The van der Waals surface area contributed by atoms with Crippen LogP contribution < -0.4 is 5.73 Å². The van der Waals surface area contributed by atoms with Crippen molar-refractivity contribution in [2.75, 3.05) is 0 Å². The minimum absolute atomic E-state index is 0.142. The van der Waals surface area contributed by atoms with Crippen LogP contribution in [0.3, 0.4) is 0 Å². The molecule has 0 spiro atoms. The maximum absolute atomic E-state index is 9.70. The van der Waals surface area contributed by atoms with Crippen LogP contribution in [0, 0.1) is 0 Å². The molecule has 2 nitrogen and oxygen atoms in total. The van der Waals surface area contributed by atoms with Gasteiger partial charge in [-0.1, -0.05) is 0 Å². The summed E-state index contributed by atoms with van der Waals surface area (Å²) in [5.74, 6) is 0.